The molecule has 1 amide bonds. The highest BCUT2D eigenvalue weighted by Gasteiger charge is 2.62. The number of anilines is 1. The summed E-state index contributed by atoms with van der Waals surface area (Å²) in [6.07, 6.45) is 2.82. The van der Waals surface area contributed by atoms with Crippen molar-refractivity contribution < 1.29 is 22.7 Å². The fourth-order valence-electron chi connectivity index (χ4n) is 6.14. The maximum atomic E-state index is 13.5. The maximum Gasteiger partial charge on any atom is 0.394 e. The normalized spacial score (nSPS) is 21.6. The Morgan fingerprint density at radius 2 is 1.95 bits per heavy atom. The lowest BCUT2D eigenvalue weighted by Gasteiger charge is -2.34. The molecule has 1 atom stereocenters. The molecule has 1 unspecified atom stereocenters. The summed E-state index contributed by atoms with van der Waals surface area (Å²) in [7, 11) is 0. The molecule has 4 bridgehead atoms. The molecular weight excluding hydrogens is 565 g/mol. The predicted octanol–water partition coefficient (Wildman–Crippen LogP) is 6.54. The lowest BCUT2D eigenvalue weighted by Crippen LogP contribution is -2.40. The van der Waals surface area contributed by atoms with E-state index in [0.717, 1.165) is 49.4 Å². The number of amides is 1. The molecule has 2 aliphatic heterocycles. The summed E-state index contributed by atoms with van der Waals surface area (Å²) in [5, 5.41) is 5.15. The van der Waals surface area contributed by atoms with Crippen LogP contribution in [0.15, 0.2) is 47.6 Å². The average molecular weight is 601 g/mol. The Morgan fingerprint density at radius 3 is 2.74 bits per heavy atom. The van der Waals surface area contributed by atoms with E-state index in [1.165, 1.54) is 16.6 Å². The van der Waals surface area contributed by atoms with Crippen molar-refractivity contribution in [2.24, 2.45) is 11.3 Å². The quantitative estimate of drug-likeness (QED) is 0.333. The number of halogens is 3. The van der Waals surface area contributed by atoms with Crippen LogP contribution in [0.2, 0.25) is 0 Å². The van der Waals surface area contributed by atoms with Gasteiger partial charge in [-0.3, -0.25) is 9.52 Å². The Balaban J connectivity index is 1.25. The van der Waals surface area contributed by atoms with Crippen LogP contribution in [0.1, 0.15) is 74.8 Å². The Hall–Kier alpha value is -3.28. The van der Waals surface area contributed by atoms with Crippen LogP contribution in [0.5, 0.6) is 5.88 Å². The van der Waals surface area contributed by atoms with Gasteiger partial charge in [-0.15, -0.1) is 5.10 Å². The monoisotopic (exact) mass is 600 g/mol. The molecule has 3 aromatic rings. The smallest absolute Gasteiger partial charge is 0.394 e. The van der Waals surface area contributed by atoms with Crippen LogP contribution in [-0.2, 0) is 6.42 Å². The maximum absolute atomic E-state index is 13.5. The van der Waals surface area contributed by atoms with Gasteiger partial charge in [0.05, 0.1) is 17.6 Å². The van der Waals surface area contributed by atoms with Crippen LogP contribution in [-0.4, -0.2) is 50.5 Å². The molecule has 5 heterocycles. The fraction of sp³-hybridized carbons (Fsp3) is 0.533. The molecule has 2 fully saturated rings. The largest absolute Gasteiger partial charge is 0.477 e. The van der Waals surface area contributed by atoms with E-state index in [-0.39, 0.29) is 43.2 Å². The van der Waals surface area contributed by atoms with E-state index < -0.39 is 11.6 Å². The van der Waals surface area contributed by atoms with Crippen molar-refractivity contribution in [2.45, 2.75) is 82.0 Å². The van der Waals surface area contributed by atoms with Gasteiger partial charge in [-0.25, -0.2) is 14.6 Å². The van der Waals surface area contributed by atoms with Gasteiger partial charge in [0.2, 0.25) is 5.88 Å². The Kier molecular flexibility index (Phi) is 7.61. The van der Waals surface area contributed by atoms with Gasteiger partial charge in [-0.1, -0.05) is 12.5 Å². The van der Waals surface area contributed by atoms with Crippen LogP contribution >= 0.6 is 11.9 Å². The molecule has 3 aliphatic rings. The molecule has 1 N–H and O–H groups in total. The lowest BCUT2D eigenvalue weighted by molar-refractivity contribution is -0.190. The third-order valence-electron chi connectivity index (χ3n) is 8.73. The highest BCUT2D eigenvalue weighted by Crippen LogP contribution is 2.59. The van der Waals surface area contributed by atoms with E-state index in [1.54, 1.807) is 24.4 Å². The standard InChI is InChI=1S/C30H35F3N6O2S/c1-28(2)18-20-6-3-4-7-21-8-5-9-25(34-21)42-37-27(40)22-10-11-23(35-26(22)38(28)19-20)39-16-12-24(36-39)41-17-15-29(13-14-29)30(31,32)33/h5,8-12,16,20H,3-4,6-7,13-15,17-19H2,1-2H3,(H,37,40). The number of rotatable bonds is 5. The van der Waals surface area contributed by atoms with E-state index in [4.69, 9.17) is 14.7 Å². The number of carbonyl (C=O) groups is 1. The molecule has 0 spiro atoms. The van der Waals surface area contributed by atoms with Crippen molar-refractivity contribution in [3.05, 3.63) is 53.9 Å². The zero-order valence-corrected chi connectivity index (χ0v) is 24.6. The van der Waals surface area contributed by atoms with E-state index in [9.17, 15) is 18.0 Å². The zero-order valence-electron chi connectivity index (χ0n) is 23.8. The zero-order chi connectivity index (χ0) is 29.5. The summed E-state index contributed by atoms with van der Waals surface area (Å²) in [5.41, 5.74) is -0.343. The number of aromatic nitrogens is 4. The minimum Gasteiger partial charge on any atom is -0.477 e. The predicted molar refractivity (Wildman–Crippen MR) is 154 cm³/mol. The van der Waals surface area contributed by atoms with Crippen LogP contribution in [0, 0.1) is 11.3 Å². The number of pyridine rings is 2. The molecule has 1 saturated heterocycles. The van der Waals surface area contributed by atoms with Crippen LogP contribution < -0.4 is 14.4 Å². The molecule has 6 rings (SSSR count). The number of nitrogens with one attached hydrogen (secondary N) is 1. The van der Waals surface area contributed by atoms with Crippen molar-refractivity contribution in [3.8, 4) is 11.7 Å². The van der Waals surface area contributed by atoms with Crippen molar-refractivity contribution in [1.82, 2.24) is 24.5 Å². The first-order valence-electron chi connectivity index (χ1n) is 14.5. The third kappa shape index (κ3) is 5.95. The van der Waals surface area contributed by atoms with Gasteiger partial charge in [0.15, 0.2) is 5.82 Å². The van der Waals surface area contributed by atoms with Crippen LogP contribution in [0.25, 0.3) is 5.82 Å². The van der Waals surface area contributed by atoms with Gasteiger partial charge in [-0.05, 0) is 89.0 Å². The Labute approximate surface area is 247 Å². The number of ether oxygens (including phenoxy) is 1. The van der Waals surface area contributed by atoms with Crippen LogP contribution in [0.3, 0.4) is 0 Å². The van der Waals surface area contributed by atoms with Gasteiger partial charge in [-0.2, -0.15) is 13.2 Å². The second kappa shape index (κ2) is 11.1. The first-order valence-corrected chi connectivity index (χ1v) is 15.3. The van der Waals surface area contributed by atoms with E-state index >= 15 is 0 Å². The first-order chi connectivity index (χ1) is 20.0. The molecule has 3 aromatic heterocycles. The summed E-state index contributed by atoms with van der Waals surface area (Å²) < 4.78 is 49.8. The molecule has 1 aliphatic carbocycles. The number of nitrogens with zero attached hydrogens (tertiary/aromatic N) is 5. The molecule has 0 aromatic carbocycles. The Morgan fingerprint density at radius 1 is 1.12 bits per heavy atom. The highest BCUT2D eigenvalue weighted by atomic mass is 32.2. The molecular formula is C30H35F3N6O2S. The minimum atomic E-state index is -4.21. The summed E-state index contributed by atoms with van der Waals surface area (Å²) in [6.45, 7) is 5.09. The van der Waals surface area contributed by atoms with E-state index in [1.807, 2.05) is 18.2 Å². The SMILES string of the molecule is CC1(C)CC2CCCCc3cccc(n3)SNC(=O)c3ccc(-n4ccc(OCCC5(C(F)(F)F)CC5)n4)nc3N1C2. The number of carbonyl (C=O) groups excluding carboxylic acids is 1. The lowest BCUT2D eigenvalue weighted by atomic mass is 9.92. The van der Waals surface area contributed by atoms with Crippen LogP contribution in [0.4, 0.5) is 19.0 Å². The van der Waals surface area contributed by atoms with Gasteiger partial charge < -0.3 is 9.64 Å². The highest BCUT2D eigenvalue weighted by molar-refractivity contribution is 7.97. The second-order valence-electron chi connectivity index (χ2n) is 12.3. The van der Waals surface area contributed by atoms with Gasteiger partial charge in [0, 0.05) is 42.0 Å². The third-order valence-corrected chi connectivity index (χ3v) is 9.45. The van der Waals surface area contributed by atoms with Gasteiger partial charge >= 0.3 is 6.18 Å². The van der Waals surface area contributed by atoms with Crippen molar-refractivity contribution in [2.75, 3.05) is 18.1 Å². The van der Waals surface area contributed by atoms with Gasteiger partial charge in [0.25, 0.3) is 5.91 Å². The fourth-order valence-corrected chi connectivity index (χ4v) is 6.75. The number of aryl methyl sites for hydroxylation is 1. The van der Waals surface area contributed by atoms with Crippen molar-refractivity contribution in [1.29, 1.82) is 0 Å². The molecule has 0 radical (unpaired) electrons. The van der Waals surface area contributed by atoms with Crippen molar-refractivity contribution >= 4 is 23.7 Å². The Bertz CT molecular complexity index is 1450. The molecule has 42 heavy (non-hydrogen) atoms. The second-order valence-corrected chi connectivity index (χ2v) is 13.1. The van der Waals surface area contributed by atoms with E-state index in [0.29, 0.717) is 23.1 Å². The topological polar surface area (TPSA) is 85.2 Å². The minimum absolute atomic E-state index is 0.0624. The summed E-state index contributed by atoms with van der Waals surface area (Å²) in [4.78, 5) is 25.4. The number of fused-ring (bicyclic) bond motifs is 6. The van der Waals surface area contributed by atoms with E-state index in [2.05, 4.69) is 28.6 Å². The molecule has 224 valence electrons. The van der Waals surface area contributed by atoms with Gasteiger partial charge in [0.1, 0.15) is 10.8 Å². The molecule has 1 saturated carbocycles. The summed E-state index contributed by atoms with van der Waals surface area (Å²) in [5.74, 6) is 1.50. The number of hydrogen-bond donors (Lipinski definition) is 1. The molecule has 8 nitrogen and oxygen atoms in total. The number of alkyl halides is 3. The average Bonchev–Trinajstić information content (AvgIpc) is 3.50. The first kappa shape index (κ1) is 28.8. The van der Waals surface area contributed by atoms with Crippen molar-refractivity contribution in [3.63, 3.8) is 0 Å². The molecule has 12 heteroatoms. The number of hydrogen-bond acceptors (Lipinski definition) is 7. The summed E-state index contributed by atoms with van der Waals surface area (Å²) >= 11 is 1.19. The summed E-state index contributed by atoms with van der Waals surface area (Å²) in [6, 6.07) is 11.0.